The second kappa shape index (κ2) is 11.5. The lowest BCUT2D eigenvalue weighted by molar-refractivity contribution is -0.385. The number of rotatable bonds is 9. The molecule has 0 unspecified atom stereocenters. The first-order valence-corrected chi connectivity index (χ1v) is 12.9. The average Bonchev–Trinajstić information content (AvgIpc) is 3.41. The third-order valence-corrected chi connectivity index (χ3v) is 7.14. The third-order valence-electron chi connectivity index (χ3n) is 7.14. The van der Waals surface area contributed by atoms with E-state index in [4.69, 9.17) is 13.9 Å². The van der Waals surface area contributed by atoms with Crippen LogP contribution >= 0.6 is 0 Å². The summed E-state index contributed by atoms with van der Waals surface area (Å²) in [6.07, 6.45) is 1.35. The van der Waals surface area contributed by atoms with Gasteiger partial charge in [-0.05, 0) is 18.7 Å². The highest BCUT2D eigenvalue weighted by Crippen LogP contribution is 2.34. The molecule has 1 saturated heterocycles. The van der Waals surface area contributed by atoms with Crippen molar-refractivity contribution in [1.82, 2.24) is 14.9 Å². The van der Waals surface area contributed by atoms with Gasteiger partial charge in [-0.15, -0.1) is 0 Å². The van der Waals surface area contributed by atoms with Gasteiger partial charge in [-0.2, -0.15) is 0 Å². The molecule has 1 aliphatic rings. The molecule has 0 radical (unpaired) electrons. The molecule has 11 nitrogen and oxygen atoms in total. The van der Waals surface area contributed by atoms with E-state index in [1.165, 1.54) is 26.5 Å². The van der Waals surface area contributed by atoms with Crippen LogP contribution in [0.15, 0.2) is 40.9 Å². The van der Waals surface area contributed by atoms with Gasteiger partial charge in [-0.3, -0.25) is 14.9 Å². The number of ketones is 1. The Morgan fingerprint density at radius 3 is 2.37 bits per heavy atom. The van der Waals surface area contributed by atoms with E-state index in [-0.39, 0.29) is 46.3 Å². The Kier molecular flexibility index (Phi) is 7.79. The first-order chi connectivity index (χ1) is 19.7. The van der Waals surface area contributed by atoms with Gasteiger partial charge in [0.05, 0.1) is 25.3 Å². The minimum Gasteiger partial charge on any atom is -0.494 e. The zero-order chi connectivity index (χ0) is 29.3. The van der Waals surface area contributed by atoms with Crippen LogP contribution in [0.1, 0.15) is 34.4 Å². The molecule has 0 amide bonds. The summed E-state index contributed by atoms with van der Waals surface area (Å²) in [4.78, 5) is 37.6. The summed E-state index contributed by atoms with van der Waals surface area (Å²) in [5, 5.41) is 11.9. The van der Waals surface area contributed by atoms with E-state index in [2.05, 4.69) is 26.7 Å². The molecule has 0 spiro atoms. The number of nitro benzene ring substituents is 1. The maximum absolute atomic E-state index is 14.9. The van der Waals surface area contributed by atoms with Gasteiger partial charge in [0.2, 0.25) is 5.78 Å². The second-order valence-corrected chi connectivity index (χ2v) is 9.43. The van der Waals surface area contributed by atoms with E-state index in [9.17, 15) is 23.7 Å². The number of ether oxygens (including phenoxy) is 2. The smallest absolute Gasteiger partial charge is 0.275 e. The normalized spacial score (nSPS) is 13.9. The van der Waals surface area contributed by atoms with Gasteiger partial charge in [-0.1, -0.05) is 6.92 Å². The van der Waals surface area contributed by atoms with Crippen LogP contribution in [0.2, 0.25) is 0 Å². The predicted molar refractivity (Wildman–Crippen MR) is 145 cm³/mol. The number of carbonyl (C=O) groups is 1. The third kappa shape index (κ3) is 5.40. The standard InChI is InChI=1S/C28H27F2N5O6/c1-4-33-7-9-34(10-8-33)17-6-5-16(19(12-17)35(37)38)11-24-31-15-23-18(32-24)13-22(41-23)28(36)25-26(29)20(39-2)14-21(40-3)27(25)30/h5-6,12-15H,4,7-11H2,1-3H3. The Labute approximate surface area is 233 Å². The number of carbonyl (C=O) groups excluding carboxylic acids is 1. The highest BCUT2D eigenvalue weighted by Gasteiger charge is 2.29. The van der Waals surface area contributed by atoms with Gasteiger partial charge in [0.15, 0.2) is 34.5 Å². The van der Waals surface area contributed by atoms with Crippen molar-refractivity contribution in [2.75, 3.05) is 51.8 Å². The van der Waals surface area contributed by atoms with E-state index < -0.39 is 27.9 Å². The molecule has 1 aliphatic heterocycles. The topological polar surface area (TPSA) is 124 Å². The fraction of sp³-hybridized carbons (Fsp3) is 0.321. The Bertz CT molecular complexity index is 1610. The van der Waals surface area contributed by atoms with E-state index in [0.29, 0.717) is 5.56 Å². The van der Waals surface area contributed by atoms with Gasteiger partial charge in [0, 0.05) is 62.0 Å². The molecule has 5 rings (SSSR count). The highest BCUT2D eigenvalue weighted by atomic mass is 19.1. The maximum Gasteiger partial charge on any atom is 0.275 e. The summed E-state index contributed by atoms with van der Waals surface area (Å²) in [6, 6.07) is 7.34. The molecule has 13 heteroatoms. The molecule has 41 heavy (non-hydrogen) atoms. The molecule has 0 aliphatic carbocycles. The minimum absolute atomic E-state index is 0.0426. The summed E-state index contributed by atoms with van der Waals surface area (Å²) in [5.41, 5.74) is 0.535. The Morgan fingerprint density at radius 1 is 1.07 bits per heavy atom. The van der Waals surface area contributed by atoms with Crippen LogP contribution in [0.25, 0.3) is 11.1 Å². The number of fused-ring (bicyclic) bond motifs is 1. The van der Waals surface area contributed by atoms with Gasteiger partial charge >= 0.3 is 0 Å². The SMILES string of the molecule is CCN1CCN(c2ccc(Cc3ncc4oc(C(=O)c5c(F)c(OC)cc(OC)c5F)cc4n3)c([N+](=O)[O-])c2)CC1. The maximum atomic E-state index is 14.9. The van der Waals surface area contributed by atoms with E-state index >= 15 is 0 Å². The lowest BCUT2D eigenvalue weighted by atomic mass is 10.1. The Morgan fingerprint density at radius 2 is 1.76 bits per heavy atom. The second-order valence-electron chi connectivity index (χ2n) is 9.43. The van der Waals surface area contributed by atoms with Gasteiger partial charge in [-0.25, -0.2) is 18.7 Å². The van der Waals surface area contributed by atoms with Gasteiger partial charge in [0.25, 0.3) is 5.69 Å². The van der Waals surface area contributed by atoms with Crippen molar-refractivity contribution in [3.05, 3.63) is 81.0 Å². The zero-order valence-electron chi connectivity index (χ0n) is 22.6. The molecule has 3 heterocycles. The quantitative estimate of drug-likeness (QED) is 0.163. The number of halogens is 2. The first-order valence-electron chi connectivity index (χ1n) is 12.9. The van der Waals surface area contributed by atoms with Gasteiger partial charge in [0.1, 0.15) is 16.9 Å². The largest absolute Gasteiger partial charge is 0.494 e. The van der Waals surface area contributed by atoms with E-state index in [1.807, 2.05) is 6.07 Å². The van der Waals surface area contributed by atoms with Crippen LogP contribution in [0.4, 0.5) is 20.2 Å². The molecule has 214 valence electrons. The van der Waals surface area contributed by atoms with Crippen molar-refractivity contribution in [1.29, 1.82) is 0 Å². The number of nitro groups is 1. The number of methoxy groups -OCH3 is 2. The predicted octanol–water partition coefficient (Wildman–Crippen LogP) is 4.39. The summed E-state index contributed by atoms with van der Waals surface area (Å²) < 4.78 is 45.0. The number of furan rings is 1. The Balaban J connectivity index is 1.42. The van der Waals surface area contributed by atoms with Crippen LogP contribution in [-0.2, 0) is 6.42 Å². The molecule has 0 bridgehead atoms. The molecular weight excluding hydrogens is 540 g/mol. The van der Waals surface area contributed by atoms with Crippen molar-refractivity contribution < 1.29 is 32.4 Å². The molecule has 2 aromatic carbocycles. The number of hydrogen-bond acceptors (Lipinski definition) is 10. The number of nitrogens with zero attached hydrogens (tertiary/aromatic N) is 5. The van der Waals surface area contributed by atoms with Crippen LogP contribution in [0, 0.1) is 21.7 Å². The molecule has 0 N–H and O–H groups in total. The summed E-state index contributed by atoms with van der Waals surface area (Å²) in [6.45, 7) is 6.41. The lowest BCUT2D eigenvalue weighted by Gasteiger charge is -2.35. The molecule has 1 fully saturated rings. The first kappa shape index (κ1) is 27.9. The molecular formula is C28H27F2N5O6. The van der Waals surface area contributed by atoms with Crippen LogP contribution in [0.5, 0.6) is 11.5 Å². The number of likely N-dealkylation sites (N-methyl/N-ethyl adjacent to an activating group) is 1. The average molecular weight is 568 g/mol. The van der Waals surface area contributed by atoms with Crippen molar-refractivity contribution >= 4 is 28.3 Å². The highest BCUT2D eigenvalue weighted by molar-refractivity contribution is 6.09. The number of piperazine rings is 1. The van der Waals surface area contributed by atoms with E-state index in [1.54, 1.807) is 12.1 Å². The van der Waals surface area contributed by atoms with Gasteiger partial charge < -0.3 is 23.7 Å². The monoisotopic (exact) mass is 567 g/mol. The van der Waals surface area contributed by atoms with Crippen molar-refractivity contribution in [2.24, 2.45) is 0 Å². The molecule has 4 aromatic rings. The fourth-order valence-corrected chi connectivity index (χ4v) is 4.84. The molecule has 0 saturated carbocycles. The fourth-order valence-electron chi connectivity index (χ4n) is 4.84. The number of aromatic nitrogens is 2. The van der Waals surface area contributed by atoms with Crippen molar-refractivity contribution in [3.63, 3.8) is 0 Å². The number of benzene rings is 2. The molecule has 2 aromatic heterocycles. The minimum atomic E-state index is -1.20. The van der Waals surface area contributed by atoms with E-state index in [0.717, 1.165) is 44.5 Å². The zero-order valence-corrected chi connectivity index (χ0v) is 22.6. The Hall–Kier alpha value is -4.65. The lowest BCUT2D eigenvalue weighted by Crippen LogP contribution is -2.46. The van der Waals surface area contributed by atoms with Crippen LogP contribution in [0.3, 0.4) is 0 Å². The van der Waals surface area contributed by atoms with Crippen LogP contribution < -0.4 is 14.4 Å². The summed E-state index contributed by atoms with van der Waals surface area (Å²) in [7, 11) is 2.35. The summed E-state index contributed by atoms with van der Waals surface area (Å²) >= 11 is 0. The number of hydrogen-bond donors (Lipinski definition) is 0. The molecule has 0 atom stereocenters. The number of anilines is 1. The van der Waals surface area contributed by atoms with Crippen LogP contribution in [-0.4, -0.2) is 72.5 Å². The summed E-state index contributed by atoms with van der Waals surface area (Å²) in [5.74, 6) is -4.37. The van der Waals surface area contributed by atoms with Crippen molar-refractivity contribution in [2.45, 2.75) is 13.3 Å². The van der Waals surface area contributed by atoms with Crippen molar-refractivity contribution in [3.8, 4) is 11.5 Å².